The zero-order valence-electron chi connectivity index (χ0n) is 9.29. The fraction of sp³-hybridized carbons (Fsp3) is 0.273. The first kappa shape index (κ1) is 12.3. The third-order valence-electron chi connectivity index (χ3n) is 2.66. The molecule has 0 aromatic heterocycles. The van der Waals surface area contributed by atoms with E-state index in [0.717, 1.165) is 34.4 Å². The van der Waals surface area contributed by atoms with Gasteiger partial charge in [0.25, 0.3) is 0 Å². The van der Waals surface area contributed by atoms with Crippen LogP contribution in [0.3, 0.4) is 0 Å². The minimum absolute atomic E-state index is 0.0551. The topological polar surface area (TPSA) is 58.4 Å². The monoisotopic (exact) mass is 313 g/mol. The van der Waals surface area contributed by atoms with Crippen molar-refractivity contribution in [2.75, 3.05) is 16.8 Å². The van der Waals surface area contributed by atoms with E-state index in [1.165, 1.54) is 0 Å². The Kier molecular flexibility index (Phi) is 3.35. The fourth-order valence-corrected chi connectivity index (χ4v) is 2.86. The molecule has 4 nitrogen and oxygen atoms in total. The first-order chi connectivity index (χ1) is 7.99. The summed E-state index contributed by atoms with van der Waals surface area (Å²) in [5.74, 6) is 0.0551. The van der Waals surface area contributed by atoms with E-state index < -0.39 is 0 Å². The van der Waals surface area contributed by atoms with Crippen LogP contribution < -0.4 is 16.0 Å². The molecule has 0 saturated heterocycles. The van der Waals surface area contributed by atoms with Crippen LogP contribution in [0.25, 0.3) is 0 Å². The molecule has 1 aliphatic heterocycles. The Bertz CT molecular complexity index is 504. The molecule has 0 bridgehead atoms. The van der Waals surface area contributed by atoms with Crippen LogP contribution in [0.15, 0.2) is 16.6 Å². The lowest BCUT2D eigenvalue weighted by atomic mass is 10.1. The highest BCUT2D eigenvalue weighted by atomic mass is 79.9. The first-order valence-electron chi connectivity index (χ1n) is 5.16. The molecule has 1 aliphatic rings. The van der Waals surface area contributed by atoms with Crippen molar-refractivity contribution in [3.63, 3.8) is 0 Å². The maximum Gasteiger partial charge on any atom is 0.223 e. The van der Waals surface area contributed by atoms with Crippen molar-refractivity contribution in [3.8, 4) is 0 Å². The summed E-state index contributed by atoms with van der Waals surface area (Å²) in [5, 5.41) is 3.13. The third kappa shape index (κ3) is 2.42. The predicted octanol–water partition coefficient (Wildman–Crippen LogP) is 2.01. The number of nitrogens with two attached hydrogens (primary N) is 1. The summed E-state index contributed by atoms with van der Waals surface area (Å²) in [6, 6.07) is 3.85. The molecule has 0 spiro atoms. The van der Waals surface area contributed by atoms with Crippen LogP contribution in [0, 0.1) is 0 Å². The van der Waals surface area contributed by atoms with Crippen molar-refractivity contribution in [3.05, 3.63) is 22.2 Å². The van der Waals surface area contributed by atoms with Crippen LogP contribution in [-0.4, -0.2) is 17.6 Å². The van der Waals surface area contributed by atoms with Crippen LogP contribution in [-0.2, 0) is 11.2 Å². The average molecular weight is 314 g/mol. The molecule has 6 heteroatoms. The van der Waals surface area contributed by atoms with E-state index in [2.05, 4.69) is 21.2 Å². The molecule has 1 heterocycles. The van der Waals surface area contributed by atoms with E-state index in [1.54, 1.807) is 11.8 Å². The van der Waals surface area contributed by atoms with Crippen molar-refractivity contribution < 1.29 is 4.79 Å². The number of hydrogen-bond donors (Lipinski definition) is 2. The van der Waals surface area contributed by atoms with Crippen molar-refractivity contribution in [1.29, 1.82) is 0 Å². The molecule has 17 heavy (non-hydrogen) atoms. The summed E-state index contributed by atoms with van der Waals surface area (Å²) < 4.78 is 0.876. The maximum atomic E-state index is 11.5. The second-order valence-electron chi connectivity index (χ2n) is 3.88. The number of rotatable bonds is 1. The Morgan fingerprint density at radius 2 is 2.29 bits per heavy atom. The number of carbonyl (C=O) groups is 1. The molecular formula is C11H12BrN3OS. The van der Waals surface area contributed by atoms with Gasteiger partial charge in [-0.1, -0.05) is 0 Å². The van der Waals surface area contributed by atoms with Gasteiger partial charge in [0.2, 0.25) is 5.91 Å². The number of anilines is 2. The lowest BCUT2D eigenvalue weighted by Crippen LogP contribution is -2.26. The van der Waals surface area contributed by atoms with Gasteiger partial charge in [0.05, 0.1) is 5.69 Å². The molecule has 0 saturated carbocycles. The summed E-state index contributed by atoms with van der Waals surface area (Å²) in [6.45, 7) is 2.29. The van der Waals surface area contributed by atoms with Gasteiger partial charge in [0, 0.05) is 23.6 Å². The van der Waals surface area contributed by atoms with Gasteiger partial charge in [-0.05, 0) is 52.3 Å². The summed E-state index contributed by atoms with van der Waals surface area (Å²) in [5.41, 5.74) is 8.35. The van der Waals surface area contributed by atoms with E-state index in [9.17, 15) is 4.79 Å². The number of nitrogens with one attached hydrogen (secondary N) is 1. The molecule has 90 valence electrons. The van der Waals surface area contributed by atoms with Gasteiger partial charge in [-0.2, -0.15) is 0 Å². The van der Waals surface area contributed by atoms with Crippen molar-refractivity contribution in [1.82, 2.24) is 0 Å². The molecule has 1 amide bonds. The Morgan fingerprint density at radius 3 is 2.88 bits per heavy atom. The van der Waals surface area contributed by atoms with Gasteiger partial charge in [-0.25, -0.2) is 0 Å². The molecule has 2 rings (SSSR count). The number of nitrogens with zero attached hydrogens (tertiary/aromatic N) is 1. The quantitative estimate of drug-likeness (QED) is 0.779. The summed E-state index contributed by atoms with van der Waals surface area (Å²) in [4.78, 5) is 13.2. The zero-order valence-corrected chi connectivity index (χ0v) is 11.7. The smallest absolute Gasteiger partial charge is 0.223 e. The SMILES string of the molecule is CC(=O)N1CCc2cc(NC(N)=S)cc(Br)c21. The molecular weight excluding hydrogens is 302 g/mol. The minimum Gasteiger partial charge on any atom is -0.376 e. The molecule has 0 aliphatic carbocycles. The largest absolute Gasteiger partial charge is 0.376 e. The fourth-order valence-electron chi connectivity index (χ4n) is 2.02. The number of amides is 1. The second kappa shape index (κ2) is 4.62. The average Bonchev–Trinajstić information content (AvgIpc) is 2.60. The highest BCUT2D eigenvalue weighted by molar-refractivity contribution is 9.10. The van der Waals surface area contributed by atoms with E-state index in [0.29, 0.717) is 0 Å². The molecule has 1 aromatic rings. The lowest BCUT2D eigenvalue weighted by Gasteiger charge is -2.17. The van der Waals surface area contributed by atoms with Gasteiger partial charge < -0.3 is 16.0 Å². The van der Waals surface area contributed by atoms with E-state index in [1.807, 2.05) is 12.1 Å². The second-order valence-corrected chi connectivity index (χ2v) is 5.17. The summed E-state index contributed by atoms with van der Waals surface area (Å²) >= 11 is 8.28. The minimum atomic E-state index is 0.0551. The maximum absolute atomic E-state index is 11.5. The van der Waals surface area contributed by atoms with Crippen LogP contribution in [0.4, 0.5) is 11.4 Å². The Labute approximate surface area is 113 Å². The van der Waals surface area contributed by atoms with Crippen LogP contribution in [0.2, 0.25) is 0 Å². The number of benzene rings is 1. The predicted molar refractivity (Wildman–Crippen MR) is 76.3 cm³/mol. The van der Waals surface area contributed by atoms with Crippen molar-refractivity contribution >= 4 is 50.5 Å². The normalized spacial score (nSPS) is 13.4. The standard InChI is InChI=1S/C11H12BrN3OS/c1-6(16)15-3-2-7-4-8(14-11(13)17)5-9(12)10(7)15/h4-5H,2-3H2,1H3,(H3,13,14,17). The van der Waals surface area contributed by atoms with Gasteiger partial charge >= 0.3 is 0 Å². The Hall–Kier alpha value is -1.14. The summed E-state index contributed by atoms with van der Waals surface area (Å²) in [7, 11) is 0. The molecule has 0 fully saturated rings. The molecule has 3 N–H and O–H groups in total. The van der Waals surface area contributed by atoms with E-state index in [-0.39, 0.29) is 11.0 Å². The third-order valence-corrected chi connectivity index (χ3v) is 3.37. The van der Waals surface area contributed by atoms with Crippen LogP contribution in [0.5, 0.6) is 0 Å². The van der Waals surface area contributed by atoms with Gasteiger partial charge in [-0.15, -0.1) is 0 Å². The number of fused-ring (bicyclic) bond motifs is 1. The number of halogens is 1. The molecule has 1 aromatic carbocycles. The zero-order chi connectivity index (χ0) is 12.6. The van der Waals surface area contributed by atoms with Gasteiger partial charge in [-0.3, -0.25) is 4.79 Å². The van der Waals surface area contributed by atoms with Crippen LogP contribution >= 0.6 is 28.1 Å². The first-order valence-corrected chi connectivity index (χ1v) is 6.36. The Morgan fingerprint density at radius 1 is 1.59 bits per heavy atom. The van der Waals surface area contributed by atoms with E-state index >= 15 is 0 Å². The van der Waals surface area contributed by atoms with Gasteiger partial charge in [0.1, 0.15) is 0 Å². The molecule has 0 unspecified atom stereocenters. The summed E-state index contributed by atoms with van der Waals surface area (Å²) in [6.07, 6.45) is 0.848. The highest BCUT2D eigenvalue weighted by Gasteiger charge is 2.25. The van der Waals surface area contributed by atoms with Crippen molar-refractivity contribution in [2.24, 2.45) is 5.73 Å². The lowest BCUT2D eigenvalue weighted by molar-refractivity contribution is -0.116. The highest BCUT2D eigenvalue weighted by Crippen LogP contribution is 2.38. The molecule has 0 radical (unpaired) electrons. The number of carbonyl (C=O) groups excluding carboxylic acids is 1. The van der Waals surface area contributed by atoms with E-state index in [4.69, 9.17) is 18.0 Å². The number of thiocarbonyl (C=S) groups is 1. The Balaban J connectivity index is 2.41. The van der Waals surface area contributed by atoms with Gasteiger partial charge in [0.15, 0.2) is 5.11 Å². The number of hydrogen-bond acceptors (Lipinski definition) is 2. The molecule has 0 atom stereocenters. The van der Waals surface area contributed by atoms with Crippen LogP contribution in [0.1, 0.15) is 12.5 Å². The van der Waals surface area contributed by atoms with Crippen molar-refractivity contribution in [2.45, 2.75) is 13.3 Å².